The van der Waals surface area contributed by atoms with Gasteiger partial charge in [0.25, 0.3) is 10.0 Å². The van der Waals surface area contributed by atoms with Crippen molar-refractivity contribution >= 4 is 21.6 Å². The molecule has 6 nitrogen and oxygen atoms in total. The monoisotopic (exact) mass is 494 g/mol. The zero-order chi connectivity index (χ0) is 25.8. The Kier molecular flexibility index (Phi) is 7.90. The first-order valence-corrected chi connectivity index (χ1v) is 13.0. The Balaban J connectivity index is 1.85. The van der Waals surface area contributed by atoms with Crippen LogP contribution in [0.4, 0.5) is 5.69 Å². The summed E-state index contributed by atoms with van der Waals surface area (Å²) in [6, 6.07) is 21.0. The van der Waals surface area contributed by atoms with E-state index in [4.69, 9.17) is 4.74 Å². The molecular formula is C28H34N2O4S. The molecule has 3 aromatic rings. The van der Waals surface area contributed by atoms with E-state index in [1.807, 2.05) is 26.0 Å². The molecule has 1 amide bonds. The maximum Gasteiger partial charge on any atom is 0.264 e. The van der Waals surface area contributed by atoms with Crippen molar-refractivity contribution in [2.75, 3.05) is 18.0 Å². The first-order valence-electron chi connectivity index (χ1n) is 11.5. The Hall–Kier alpha value is -3.32. The van der Waals surface area contributed by atoms with Crippen LogP contribution < -0.4 is 14.4 Å². The van der Waals surface area contributed by atoms with E-state index in [-0.39, 0.29) is 22.9 Å². The lowest BCUT2D eigenvalue weighted by Crippen LogP contribution is -2.41. The van der Waals surface area contributed by atoms with E-state index in [0.29, 0.717) is 11.4 Å². The molecule has 35 heavy (non-hydrogen) atoms. The van der Waals surface area contributed by atoms with Gasteiger partial charge in [-0.15, -0.1) is 0 Å². The second-order valence-corrected chi connectivity index (χ2v) is 11.5. The lowest BCUT2D eigenvalue weighted by Gasteiger charge is -2.25. The van der Waals surface area contributed by atoms with E-state index >= 15 is 0 Å². The summed E-state index contributed by atoms with van der Waals surface area (Å²) in [6.45, 7) is 9.87. The molecule has 0 spiro atoms. The summed E-state index contributed by atoms with van der Waals surface area (Å²) >= 11 is 0. The number of methoxy groups -OCH3 is 1. The number of hydrogen-bond acceptors (Lipinski definition) is 4. The van der Waals surface area contributed by atoms with Gasteiger partial charge in [-0.3, -0.25) is 9.10 Å². The van der Waals surface area contributed by atoms with Gasteiger partial charge in [-0.2, -0.15) is 0 Å². The predicted molar refractivity (Wildman–Crippen MR) is 140 cm³/mol. The minimum Gasteiger partial charge on any atom is -0.497 e. The number of rotatable bonds is 8. The lowest BCUT2D eigenvalue weighted by atomic mass is 9.86. The third kappa shape index (κ3) is 6.42. The van der Waals surface area contributed by atoms with Gasteiger partial charge >= 0.3 is 0 Å². The van der Waals surface area contributed by atoms with Crippen molar-refractivity contribution in [1.29, 1.82) is 0 Å². The molecule has 0 saturated carbocycles. The highest BCUT2D eigenvalue weighted by atomic mass is 32.2. The molecule has 7 heteroatoms. The highest BCUT2D eigenvalue weighted by Gasteiger charge is 2.28. The molecule has 0 fully saturated rings. The standard InChI is InChI=1S/C28H34N2O4S/c1-20-7-17-26(18-8-20)35(32,33)30(24-13-15-25(34-6)16-14-24)19-27(31)29-21(2)22-9-11-23(12-10-22)28(3,4)5/h7-18,21H,19H2,1-6H3,(H,29,31)/t21-/m0/s1. The summed E-state index contributed by atoms with van der Waals surface area (Å²) in [6.07, 6.45) is 0. The average Bonchev–Trinajstić information content (AvgIpc) is 2.82. The van der Waals surface area contributed by atoms with Gasteiger partial charge in [-0.1, -0.05) is 62.7 Å². The van der Waals surface area contributed by atoms with Gasteiger partial charge in [0.15, 0.2) is 0 Å². The molecule has 1 N–H and O–H groups in total. The van der Waals surface area contributed by atoms with Crippen LogP contribution in [0.3, 0.4) is 0 Å². The fourth-order valence-corrected chi connectivity index (χ4v) is 5.09. The van der Waals surface area contributed by atoms with E-state index in [9.17, 15) is 13.2 Å². The number of nitrogens with one attached hydrogen (secondary N) is 1. The molecular weight excluding hydrogens is 460 g/mol. The highest BCUT2D eigenvalue weighted by molar-refractivity contribution is 7.92. The van der Waals surface area contributed by atoms with Crippen LogP contribution in [-0.2, 0) is 20.2 Å². The summed E-state index contributed by atoms with van der Waals surface area (Å²) in [5.41, 5.74) is 3.51. The van der Waals surface area contributed by atoms with Gasteiger partial charge in [0.1, 0.15) is 12.3 Å². The quantitative estimate of drug-likeness (QED) is 0.457. The Morgan fingerprint density at radius 3 is 2.03 bits per heavy atom. The number of benzene rings is 3. The molecule has 0 radical (unpaired) electrons. The molecule has 0 heterocycles. The molecule has 0 saturated heterocycles. The van der Waals surface area contributed by atoms with E-state index in [2.05, 4.69) is 38.2 Å². The van der Waals surface area contributed by atoms with E-state index in [0.717, 1.165) is 15.4 Å². The van der Waals surface area contributed by atoms with Gasteiger partial charge < -0.3 is 10.1 Å². The topological polar surface area (TPSA) is 75.7 Å². The number of anilines is 1. The largest absolute Gasteiger partial charge is 0.497 e. The van der Waals surface area contributed by atoms with Gasteiger partial charge in [0, 0.05) is 0 Å². The minimum absolute atomic E-state index is 0.0359. The first kappa shape index (κ1) is 26.3. The summed E-state index contributed by atoms with van der Waals surface area (Å²) in [4.78, 5) is 13.2. The van der Waals surface area contributed by atoms with Crippen molar-refractivity contribution < 1.29 is 17.9 Å². The number of nitrogens with zero attached hydrogens (tertiary/aromatic N) is 1. The molecule has 1 atom stereocenters. The van der Waals surface area contributed by atoms with Crippen LogP contribution in [0.5, 0.6) is 5.75 Å². The van der Waals surface area contributed by atoms with Crippen molar-refractivity contribution in [3.05, 3.63) is 89.5 Å². The zero-order valence-electron chi connectivity index (χ0n) is 21.2. The molecule has 3 aromatic carbocycles. The SMILES string of the molecule is COc1ccc(N(CC(=O)N[C@@H](C)c2ccc(C(C)(C)C)cc2)S(=O)(=O)c2ccc(C)cc2)cc1. The van der Waals surface area contributed by atoms with E-state index in [1.54, 1.807) is 55.6 Å². The van der Waals surface area contributed by atoms with Crippen molar-refractivity contribution in [3.8, 4) is 5.75 Å². The molecule has 0 aliphatic carbocycles. The second kappa shape index (κ2) is 10.5. The third-order valence-electron chi connectivity index (χ3n) is 5.91. The van der Waals surface area contributed by atoms with Crippen molar-refractivity contribution in [2.45, 2.75) is 51.0 Å². The highest BCUT2D eigenvalue weighted by Crippen LogP contribution is 2.27. The van der Waals surface area contributed by atoms with Gasteiger partial charge in [-0.05, 0) is 66.8 Å². The third-order valence-corrected chi connectivity index (χ3v) is 7.70. The molecule has 0 aliphatic rings. The Labute approximate surface area is 209 Å². The van der Waals surface area contributed by atoms with Crippen LogP contribution in [0.1, 0.15) is 50.4 Å². The van der Waals surface area contributed by atoms with E-state index in [1.165, 1.54) is 5.56 Å². The van der Waals surface area contributed by atoms with E-state index < -0.39 is 15.9 Å². The van der Waals surface area contributed by atoms with Crippen molar-refractivity contribution in [2.24, 2.45) is 0 Å². The van der Waals surface area contributed by atoms with Gasteiger partial charge in [-0.25, -0.2) is 8.42 Å². The van der Waals surface area contributed by atoms with Gasteiger partial charge in [0.2, 0.25) is 5.91 Å². The molecule has 0 bridgehead atoms. The average molecular weight is 495 g/mol. The Morgan fingerprint density at radius 1 is 0.943 bits per heavy atom. The number of carbonyl (C=O) groups excluding carboxylic acids is 1. The normalized spacial score (nSPS) is 12.6. The summed E-state index contributed by atoms with van der Waals surface area (Å²) in [5.74, 6) is 0.196. The Bertz CT molecular complexity index is 1240. The van der Waals surface area contributed by atoms with Crippen LogP contribution in [0.25, 0.3) is 0 Å². The molecule has 0 aromatic heterocycles. The number of aryl methyl sites for hydroxylation is 1. The number of hydrogen-bond donors (Lipinski definition) is 1. The zero-order valence-corrected chi connectivity index (χ0v) is 22.0. The van der Waals surface area contributed by atoms with Gasteiger partial charge in [0.05, 0.1) is 23.7 Å². The van der Waals surface area contributed by atoms with Crippen LogP contribution in [0.15, 0.2) is 77.7 Å². The predicted octanol–water partition coefficient (Wildman–Crippen LogP) is 5.37. The van der Waals surface area contributed by atoms with Crippen molar-refractivity contribution in [3.63, 3.8) is 0 Å². The molecule has 0 unspecified atom stereocenters. The maximum absolute atomic E-state index is 13.5. The summed E-state index contributed by atoms with van der Waals surface area (Å²) in [5, 5.41) is 2.94. The lowest BCUT2D eigenvalue weighted by molar-refractivity contribution is -0.120. The summed E-state index contributed by atoms with van der Waals surface area (Å²) in [7, 11) is -2.44. The molecule has 0 aliphatic heterocycles. The first-order chi connectivity index (χ1) is 16.4. The Morgan fingerprint density at radius 2 is 1.51 bits per heavy atom. The fourth-order valence-electron chi connectivity index (χ4n) is 3.67. The molecule has 186 valence electrons. The number of carbonyl (C=O) groups is 1. The smallest absolute Gasteiger partial charge is 0.264 e. The number of amides is 1. The molecule has 3 rings (SSSR count). The van der Waals surface area contributed by atoms with Crippen LogP contribution in [-0.4, -0.2) is 28.0 Å². The van der Waals surface area contributed by atoms with Crippen LogP contribution in [0.2, 0.25) is 0 Å². The maximum atomic E-state index is 13.5. The fraction of sp³-hybridized carbons (Fsp3) is 0.321. The minimum atomic E-state index is -3.98. The van der Waals surface area contributed by atoms with Crippen LogP contribution in [0, 0.1) is 6.92 Å². The summed E-state index contributed by atoms with van der Waals surface area (Å²) < 4.78 is 33.4. The second-order valence-electron chi connectivity index (χ2n) is 9.68. The van der Waals surface area contributed by atoms with Crippen LogP contribution >= 0.6 is 0 Å². The van der Waals surface area contributed by atoms with Crippen molar-refractivity contribution in [1.82, 2.24) is 5.32 Å². The number of ether oxygens (including phenoxy) is 1. The number of sulfonamides is 1.